The molecule has 1 aromatic heterocycles. The van der Waals surface area contributed by atoms with E-state index in [1.54, 1.807) is 0 Å². The van der Waals surface area contributed by atoms with E-state index in [0.717, 1.165) is 30.3 Å². The molecule has 1 aromatic carbocycles. The molecule has 0 spiro atoms. The van der Waals surface area contributed by atoms with E-state index in [1.807, 2.05) is 19.1 Å². The second-order valence-electron chi connectivity index (χ2n) is 5.33. The van der Waals surface area contributed by atoms with Gasteiger partial charge in [0.05, 0.1) is 13.0 Å². The molecule has 2 N–H and O–H groups in total. The van der Waals surface area contributed by atoms with Gasteiger partial charge in [0.2, 0.25) is 0 Å². The second-order valence-corrected chi connectivity index (χ2v) is 5.33. The van der Waals surface area contributed by atoms with Gasteiger partial charge in [-0.1, -0.05) is 18.2 Å². The first-order valence-electron chi connectivity index (χ1n) is 7.21. The number of hydrogen-bond acceptors (Lipinski definition) is 3. The summed E-state index contributed by atoms with van der Waals surface area (Å²) in [6.07, 6.45) is 2.27. The lowest BCUT2D eigenvalue weighted by Gasteiger charge is -2.23. The quantitative estimate of drug-likeness (QED) is 0.886. The molecule has 0 bridgehead atoms. The summed E-state index contributed by atoms with van der Waals surface area (Å²) in [5.74, 6) is -0.151. The first-order chi connectivity index (χ1) is 9.70. The summed E-state index contributed by atoms with van der Waals surface area (Å²) in [6.45, 7) is 3.10. The van der Waals surface area contributed by atoms with E-state index in [9.17, 15) is 4.79 Å². The molecule has 114 valence electrons. The zero-order valence-electron chi connectivity index (χ0n) is 12.2. The van der Waals surface area contributed by atoms with Crippen LogP contribution in [-0.4, -0.2) is 23.2 Å². The first kappa shape index (κ1) is 15.9. The van der Waals surface area contributed by atoms with Gasteiger partial charge in [0, 0.05) is 29.2 Å². The van der Waals surface area contributed by atoms with Crippen molar-refractivity contribution in [2.24, 2.45) is 5.73 Å². The Morgan fingerprint density at radius 2 is 2.19 bits per heavy atom. The number of carbonyl (C=O) groups is 1. The van der Waals surface area contributed by atoms with Crippen molar-refractivity contribution >= 4 is 29.3 Å². The Morgan fingerprint density at radius 3 is 2.95 bits per heavy atom. The van der Waals surface area contributed by atoms with Crippen LogP contribution in [0.3, 0.4) is 0 Å². The first-order valence-corrected chi connectivity index (χ1v) is 7.21. The van der Waals surface area contributed by atoms with Gasteiger partial charge in [-0.3, -0.25) is 4.79 Å². The Balaban J connectivity index is 0.00000161. The van der Waals surface area contributed by atoms with Crippen LogP contribution in [0.15, 0.2) is 24.3 Å². The number of nitrogens with zero attached hydrogens (tertiary/aromatic N) is 1. The lowest BCUT2D eigenvalue weighted by Crippen LogP contribution is -2.32. The molecular weight excluding hydrogens is 288 g/mol. The molecule has 0 saturated heterocycles. The van der Waals surface area contributed by atoms with E-state index >= 15 is 0 Å². The SMILES string of the molecule is CCOC(=O)Cc1c2n(c3ccccc13)C[C@@H](N)CC2.Cl. The van der Waals surface area contributed by atoms with Gasteiger partial charge in [0.15, 0.2) is 0 Å². The summed E-state index contributed by atoms with van der Waals surface area (Å²) in [5.41, 5.74) is 9.63. The van der Waals surface area contributed by atoms with Crippen LogP contribution in [-0.2, 0) is 28.9 Å². The largest absolute Gasteiger partial charge is 0.466 e. The number of nitrogens with two attached hydrogens (primary N) is 1. The Labute approximate surface area is 130 Å². The van der Waals surface area contributed by atoms with Gasteiger partial charge in [-0.25, -0.2) is 0 Å². The highest BCUT2D eigenvalue weighted by Gasteiger charge is 2.24. The molecule has 1 atom stereocenters. The van der Waals surface area contributed by atoms with Gasteiger partial charge in [-0.15, -0.1) is 12.4 Å². The van der Waals surface area contributed by atoms with Crippen LogP contribution in [0.2, 0.25) is 0 Å². The summed E-state index contributed by atoms with van der Waals surface area (Å²) in [4.78, 5) is 11.8. The summed E-state index contributed by atoms with van der Waals surface area (Å²) in [6, 6.07) is 8.44. The molecule has 3 rings (SSSR count). The fourth-order valence-corrected chi connectivity index (χ4v) is 3.12. The van der Waals surface area contributed by atoms with Crippen molar-refractivity contribution in [3.63, 3.8) is 0 Å². The van der Waals surface area contributed by atoms with E-state index in [-0.39, 0.29) is 24.4 Å². The van der Waals surface area contributed by atoms with Crippen molar-refractivity contribution in [3.8, 4) is 0 Å². The number of carbonyl (C=O) groups excluding carboxylic acids is 1. The number of ether oxygens (including phenoxy) is 1. The molecule has 0 unspecified atom stereocenters. The van der Waals surface area contributed by atoms with E-state index in [4.69, 9.17) is 10.5 Å². The predicted molar refractivity (Wildman–Crippen MR) is 85.8 cm³/mol. The number of aromatic nitrogens is 1. The number of para-hydroxylation sites is 1. The highest BCUT2D eigenvalue weighted by Crippen LogP contribution is 2.31. The number of hydrogen-bond donors (Lipinski definition) is 1. The zero-order chi connectivity index (χ0) is 14.1. The lowest BCUT2D eigenvalue weighted by molar-refractivity contribution is -0.142. The predicted octanol–water partition coefficient (Wildman–Crippen LogP) is 2.44. The maximum Gasteiger partial charge on any atom is 0.310 e. The minimum atomic E-state index is -0.151. The standard InChI is InChI=1S/C16H20N2O2.ClH/c1-2-20-16(19)9-13-12-5-3-4-6-14(12)18-10-11(17)7-8-15(13)18;/h3-6,11H,2,7-10,17H2,1H3;1H/t11-;/m0./s1. The molecule has 0 saturated carbocycles. The third kappa shape index (κ3) is 2.92. The average Bonchev–Trinajstić information content (AvgIpc) is 2.74. The van der Waals surface area contributed by atoms with Crippen LogP contribution in [0.4, 0.5) is 0 Å². The Bertz CT molecular complexity index is 651. The molecule has 1 aliphatic heterocycles. The second kappa shape index (κ2) is 6.50. The third-order valence-corrected chi connectivity index (χ3v) is 3.99. The van der Waals surface area contributed by atoms with Crippen molar-refractivity contribution in [2.45, 2.75) is 38.8 Å². The van der Waals surface area contributed by atoms with Crippen molar-refractivity contribution in [1.82, 2.24) is 4.57 Å². The van der Waals surface area contributed by atoms with Crippen molar-refractivity contribution in [3.05, 3.63) is 35.5 Å². The molecule has 5 heteroatoms. The van der Waals surface area contributed by atoms with E-state index in [2.05, 4.69) is 16.7 Å². The number of esters is 1. The van der Waals surface area contributed by atoms with Gasteiger partial charge in [0.25, 0.3) is 0 Å². The topological polar surface area (TPSA) is 57.2 Å². The third-order valence-electron chi connectivity index (χ3n) is 3.99. The molecule has 2 heterocycles. The number of halogens is 1. The summed E-state index contributed by atoms with van der Waals surface area (Å²) < 4.78 is 7.38. The van der Waals surface area contributed by atoms with Crippen molar-refractivity contribution in [2.75, 3.05) is 6.61 Å². The molecule has 1 aliphatic rings. The highest BCUT2D eigenvalue weighted by atomic mass is 35.5. The van der Waals surface area contributed by atoms with Crippen LogP contribution >= 0.6 is 12.4 Å². The molecule has 0 aliphatic carbocycles. The van der Waals surface area contributed by atoms with Crippen LogP contribution in [0, 0.1) is 0 Å². The van der Waals surface area contributed by atoms with Gasteiger partial charge in [0.1, 0.15) is 0 Å². The van der Waals surface area contributed by atoms with Crippen LogP contribution in [0.25, 0.3) is 10.9 Å². The maximum absolute atomic E-state index is 11.8. The molecule has 4 nitrogen and oxygen atoms in total. The van der Waals surface area contributed by atoms with E-state index < -0.39 is 0 Å². The minimum Gasteiger partial charge on any atom is -0.466 e. The highest BCUT2D eigenvalue weighted by molar-refractivity contribution is 5.89. The van der Waals surface area contributed by atoms with Crippen molar-refractivity contribution < 1.29 is 9.53 Å². The number of fused-ring (bicyclic) bond motifs is 3. The molecule has 0 radical (unpaired) electrons. The molecule has 21 heavy (non-hydrogen) atoms. The number of benzene rings is 1. The normalized spacial score (nSPS) is 17.1. The maximum atomic E-state index is 11.8. The number of rotatable bonds is 3. The van der Waals surface area contributed by atoms with E-state index in [1.165, 1.54) is 11.2 Å². The van der Waals surface area contributed by atoms with Crippen LogP contribution in [0.5, 0.6) is 0 Å². The summed E-state index contributed by atoms with van der Waals surface area (Å²) in [7, 11) is 0. The van der Waals surface area contributed by atoms with Gasteiger partial charge in [-0.05, 0) is 31.4 Å². The van der Waals surface area contributed by atoms with Crippen molar-refractivity contribution in [1.29, 1.82) is 0 Å². The fraction of sp³-hybridized carbons (Fsp3) is 0.438. The van der Waals surface area contributed by atoms with E-state index in [0.29, 0.717) is 13.0 Å². The van der Waals surface area contributed by atoms with Crippen LogP contribution in [0.1, 0.15) is 24.6 Å². The Kier molecular flexibility index (Phi) is 4.91. The minimum absolute atomic E-state index is 0. The molecule has 0 amide bonds. The molecule has 0 fully saturated rings. The molecule has 2 aromatic rings. The zero-order valence-corrected chi connectivity index (χ0v) is 13.0. The summed E-state index contributed by atoms with van der Waals surface area (Å²) >= 11 is 0. The van der Waals surface area contributed by atoms with Gasteiger partial charge >= 0.3 is 5.97 Å². The monoisotopic (exact) mass is 308 g/mol. The Morgan fingerprint density at radius 1 is 1.43 bits per heavy atom. The molecular formula is C16H21ClN2O2. The average molecular weight is 309 g/mol. The fourth-order valence-electron chi connectivity index (χ4n) is 3.12. The summed E-state index contributed by atoms with van der Waals surface area (Å²) in [5, 5.41) is 1.16. The lowest BCUT2D eigenvalue weighted by atomic mass is 10.0. The van der Waals surface area contributed by atoms with Gasteiger partial charge in [-0.2, -0.15) is 0 Å². The Hall–Kier alpha value is -1.52. The smallest absolute Gasteiger partial charge is 0.310 e. The van der Waals surface area contributed by atoms with Crippen LogP contribution < -0.4 is 5.73 Å². The van der Waals surface area contributed by atoms with Gasteiger partial charge < -0.3 is 15.0 Å².